The van der Waals surface area contributed by atoms with Crippen LogP contribution in [0.25, 0.3) is 10.8 Å². The Morgan fingerprint density at radius 1 is 1.07 bits per heavy atom. The third kappa shape index (κ3) is 2.59. The lowest BCUT2D eigenvalue weighted by atomic mass is 10.0. The van der Waals surface area contributed by atoms with Crippen LogP contribution >= 0.6 is 0 Å². The summed E-state index contributed by atoms with van der Waals surface area (Å²) in [5.74, 6) is -0.215. The van der Waals surface area contributed by atoms with E-state index < -0.39 is 18.4 Å². The summed E-state index contributed by atoms with van der Waals surface area (Å²) < 4.78 is 27.1. The first kappa shape index (κ1) is 16.6. The van der Waals surface area contributed by atoms with Gasteiger partial charge in [-0.2, -0.15) is 0 Å². The summed E-state index contributed by atoms with van der Waals surface area (Å²) in [5.41, 5.74) is 0.536. The standard InChI is InChI=1S/C20H19F2N3O2/c21-15-9-24(10-16(15)22)20(27)18-7-12-6-17(12)25(18)19(26)14-3-1-2-11-8-23-5-4-13(11)14/h1-5,8,12,15-18H,6-7,9-10H2/t12-,15-,16-,17-,18-/m0/s1. The van der Waals surface area contributed by atoms with Crippen molar-refractivity contribution in [1.29, 1.82) is 0 Å². The molecular formula is C20H19F2N3O2. The molecule has 2 amide bonds. The molecule has 1 aromatic heterocycles. The first-order valence-electron chi connectivity index (χ1n) is 9.27. The van der Waals surface area contributed by atoms with Crippen LogP contribution < -0.4 is 0 Å². The Morgan fingerprint density at radius 3 is 2.63 bits per heavy atom. The molecule has 27 heavy (non-hydrogen) atoms. The summed E-state index contributed by atoms with van der Waals surface area (Å²) in [4.78, 5) is 33.2. The molecule has 2 aliphatic heterocycles. The normalized spacial score (nSPS) is 32.0. The van der Waals surface area contributed by atoms with Crippen LogP contribution in [0.1, 0.15) is 23.2 Å². The highest BCUT2D eigenvalue weighted by atomic mass is 19.2. The molecule has 0 radical (unpaired) electrons. The zero-order valence-electron chi connectivity index (χ0n) is 14.6. The molecule has 3 fully saturated rings. The van der Waals surface area contributed by atoms with E-state index in [1.807, 2.05) is 6.07 Å². The molecule has 1 saturated carbocycles. The fourth-order valence-electron chi connectivity index (χ4n) is 4.53. The van der Waals surface area contributed by atoms with Crippen molar-refractivity contribution in [2.24, 2.45) is 5.92 Å². The van der Waals surface area contributed by atoms with Gasteiger partial charge < -0.3 is 9.80 Å². The van der Waals surface area contributed by atoms with Gasteiger partial charge in [-0.05, 0) is 36.3 Å². The molecule has 5 nitrogen and oxygen atoms in total. The lowest BCUT2D eigenvalue weighted by Crippen LogP contribution is -2.49. The maximum Gasteiger partial charge on any atom is 0.255 e. The van der Waals surface area contributed by atoms with Gasteiger partial charge in [-0.3, -0.25) is 14.6 Å². The number of fused-ring (bicyclic) bond motifs is 2. The molecule has 0 N–H and O–H groups in total. The van der Waals surface area contributed by atoms with Crippen molar-refractivity contribution in [3.05, 3.63) is 42.2 Å². The molecule has 7 heteroatoms. The van der Waals surface area contributed by atoms with E-state index in [0.717, 1.165) is 17.2 Å². The zero-order valence-corrected chi connectivity index (χ0v) is 14.6. The van der Waals surface area contributed by atoms with Crippen molar-refractivity contribution >= 4 is 22.6 Å². The maximum atomic E-state index is 13.5. The van der Waals surface area contributed by atoms with Gasteiger partial charge in [-0.25, -0.2) is 8.78 Å². The third-order valence-corrected chi connectivity index (χ3v) is 6.03. The van der Waals surface area contributed by atoms with Crippen LogP contribution in [0.3, 0.4) is 0 Å². The van der Waals surface area contributed by atoms with Crippen molar-refractivity contribution in [1.82, 2.24) is 14.8 Å². The molecule has 5 rings (SSSR count). The van der Waals surface area contributed by atoms with Crippen molar-refractivity contribution in [3.63, 3.8) is 0 Å². The van der Waals surface area contributed by atoms with Gasteiger partial charge in [0.2, 0.25) is 5.91 Å². The van der Waals surface area contributed by atoms with Crippen LogP contribution in [0.15, 0.2) is 36.7 Å². The number of rotatable bonds is 2. The van der Waals surface area contributed by atoms with E-state index in [2.05, 4.69) is 4.98 Å². The van der Waals surface area contributed by atoms with Crippen LogP contribution in [-0.4, -0.2) is 64.1 Å². The summed E-state index contributed by atoms with van der Waals surface area (Å²) in [6, 6.07) is 6.66. The number of likely N-dealkylation sites (tertiary alicyclic amines) is 2. The Kier molecular flexibility index (Phi) is 3.67. The number of amides is 2. The number of halogens is 2. The summed E-state index contributed by atoms with van der Waals surface area (Å²) in [5, 5.41) is 1.65. The Labute approximate surface area is 155 Å². The molecule has 0 bridgehead atoms. The lowest BCUT2D eigenvalue weighted by molar-refractivity contribution is -0.135. The van der Waals surface area contributed by atoms with Crippen LogP contribution in [0, 0.1) is 5.92 Å². The summed E-state index contributed by atoms with van der Waals surface area (Å²) in [7, 11) is 0. The second-order valence-corrected chi connectivity index (χ2v) is 7.70. The molecule has 0 spiro atoms. The average Bonchev–Trinajstić information content (AvgIpc) is 3.22. The smallest absolute Gasteiger partial charge is 0.255 e. The number of benzene rings is 1. The van der Waals surface area contributed by atoms with Gasteiger partial charge in [0.15, 0.2) is 12.3 Å². The van der Waals surface area contributed by atoms with Crippen molar-refractivity contribution in [2.45, 2.75) is 37.3 Å². The van der Waals surface area contributed by atoms with Gasteiger partial charge in [-0.1, -0.05) is 12.1 Å². The number of hydrogen-bond donors (Lipinski definition) is 0. The predicted octanol–water partition coefficient (Wildman–Crippen LogP) is 2.36. The topological polar surface area (TPSA) is 53.5 Å². The minimum atomic E-state index is -1.64. The van der Waals surface area contributed by atoms with Crippen LogP contribution in [0.5, 0.6) is 0 Å². The highest BCUT2D eigenvalue weighted by Crippen LogP contribution is 2.49. The Balaban J connectivity index is 1.46. The summed E-state index contributed by atoms with van der Waals surface area (Å²) >= 11 is 0. The maximum absolute atomic E-state index is 13.5. The number of aromatic nitrogens is 1. The lowest BCUT2D eigenvalue weighted by Gasteiger charge is -2.30. The number of alkyl halides is 2. The van der Waals surface area contributed by atoms with Crippen molar-refractivity contribution in [2.75, 3.05) is 13.1 Å². The number of nitrogens with zero attached hydrogens (tertiary/aromatic N) is 3. The minimum Gasteiger partial charge on any atom is -0.335 e. The highest BCUT2D eigenvalue weighted by molar-refractivity contribution is 6.08. The summed E-state index contributed by atoms with van der Waals surface area (Å²) in [6.45, 7) is -0.457. The molecular weight excluding hydrogens is 352 g/mol. The first-order valence-corrected chi connectivity index (χ1v) is 9.27. The zero-order chi connectivity index (χ0) is 18.7. The van der Waals surface area contributed by atoms with E-state index in [1.54, 1.807) is 35.5 Å². The fourth-order valence-corrected chi connectivity index (χ4v) is 4.53. The molecule has 2 saturated heterocycles. The van der Waals surface area contributed by atoms with Gasteiger partial charge in [-0.15, -0.1) is 0 Å². The number of piperidine rings is 1. The Hall–Kier alpha value is -2.57. The molecule has 1 aliphatic carbocycles. The van der Waals surface area contributed by atoms with E-state index in [-0.39, 0.29) is 30.9 Å². The first-order chi connectivity index (χ1) is 13.0. The van der Waals surface area contributed by atoms with Crippen LogP contribution in [-0.2, 0) is 4.79 Å². The SMILES string of the molecule is O=C([C@@H]1C[C@@H]2C[C@@H]2N1C(=O)c1cccc2cnccc12)N1C[C@H](F)[C@@H](F)C1. The molecule has 1 aromatic carbocycles. The number of pyridine rings is 1. The quantitative estimate of drug-likeness (QED) is 0.814. The monoisotopic (exact) mass is 371 g/mol. The van der Waals surface area contributed by atoms with Crippen LogP contribution in [0.2, 0.25) is 0 Å². The van der Waals surface area contributed by atoms with Crippen LogP contribution in [0.4, 0.5) is 8.78 Å². The van der Waals surface area contributed by atoms with Gasteiger partial charge >= 0.3 is 0 Å². The molecule has 3 aliphatic rings. The van der Waals surface area contributed by atoms with Crippen molar-refractivity contribution < 1.29 is 18.4 Å². The predicted molar refractivity (Wildman–Crippen MR) is 94.6 cm³/mol. The van der Waals surface area contributed by atoms with E-state index >= 15 is 0 Å². The number of hydrogen-bond acceptors (Lipinski definition) is 3. The molecule has 140 valence electrons. The average molecular weight is 371 g/mol. The van der Waals surface area contributed by atoms with Gasteiger partial charge in [0, 0.05) is 29.4 Å². The van der Waals surface area contributed by atoms with E-state index in [4.69, 9.17) is 0 Å². The van der Waals surface area contributed by atoms with Gasteiger partial charge in [0.1, 0.15) is 6.04 Å². The van der Waals surface area contributed by atoms with E-state index in [1.165, 1.54) is 4.90 Å². The largest absolute Gasteiger partial charge is 0.335 e. The summed E-state index contributed by atoms with van der Waals surface area (Å²) in [6.07, 6.45) is 1.52. The second-order valence-electron chi connectivity index (χ2n) is 7.70. The fraction of sp³-hybridized carbons (Fsp3) is 0.450. The number of carbonyl (C=O) groups excluding carboxylic acids is 2. The Morgan fingerprint density at radius 2 is 1.85 bits per heavy atom. The number of carbonyl (C=O) groups is 2. The van der Waals surface area contributed by atoms with Crippen molar-refractivity contribution in [3.8, 4) is 0 Å². The van der Waals surface area contributed by atoms with Gasteiger partial charge in [0.05, 0.1) is 13.1 Å². The van der Waals surface area contributed by atoms with E-state index in [0.29, 0.717) is 17.9 Å². The molecule has 2 aromatic rings. The minimum absolute atomic E-state index is 0.0495. The molecule has 3 heterocycles. The van der Waals surface area contributed by atoms with E-state index in [9.17, 15) is 18.4 Å². The van der Waals surface area contributed by atoms with Gasteiger partial charge in [0.25, 0.3) is 5.91 Å². The Bertz CT molecular complexity index is 921. The second kappa shape index (κ2) is 5.97. The highest BCUT2D eigenvalue weighted by Gasteiger charge is 2.57. The molecule has 0 unspecified atom stereocenters. The molecule has 5 atom stereocenters. The third-order valence-electron chi connectivity index (χ3n) is 6.03.